The molecule has 0 bridgehead atoms. The summed E-state index contributed by atoms with van der Waals surface area (Å²) < 4.78 is 4.96. The monoisotopic (exact) mass is 152 g/mol. The van der Waals surface area contributed by atoms with E-state index in [0.717, 1.165) is 6.08 Å². The molecule has 0 saturated carbocycles. The standard InChI is InChI=1S/C8H8O3/c1-6(5-8(9)10)7-3-2-4-11-7/h2-5H,1H3,(H,9,10)/b6-5+. The van der Waals surface area contributed by atoms with Crippen molar-refractivity contribution in [2.45, 2.75) is 6.92 Å². The predicted octanol–water partition coefficient (Wildman–Crippen LogP) is 1.77. The molecule has 58 valence electrons. The lowest BCUT2D eigenvalue weighted by Gasteiger charge is -1.91. The van der Waals surface area contributed by atoms with E-state index in [2.05, 4.69) is 0 Å². The molecule has 1 rings (SSSR count). The molecule has 1 heterocycles. The van der Waals surface area contributed by atoms with E-state index in [1.54, 1.807) is 19.1 Å². The second kappa shape index (κ2) is 3.05. The predicted molar refractivity (Wildman–Crippen MR) is 40.0 cm³/mol. The molecule has 1 aromatic heterocycles. The number of rotatable bonds is 2. The molecule has 0 fully saturated rings. The van der Waals surface area contributed by atoms with Crippen LogP contribution in [0.2, 0.25) is 0 Å². The number of hydrogen-bond acceptors (Lipinski definition) is 2. The first-order chi connectivity index (χ1) is 5.20. The first-order valence-corrected chi connectivity index (χ1v) is 3.15. The van der Waals surface area contributed by atoms with Gasteiger partial charge in [-0.15, -0.1) is 0 Å². The Balaban J connectivity index is 2.86. The van der Waals surface area contributed by atoms with E-state index in [1.807, 2.05) is 0 Å². The van der Waals surface area contributed by atoms with Crippen LogP contribution in [0.25, 0.3) is 5.57 Å². The summed E-state index contributed by atoms with van der Waals surface area (Å²) in [6, 6.07) is 3.43. The van der Waals surface area contributed by atoms with E-state index in [1.165, 1.54) is 6.26 Å². The molecule has 0 atom stereocenters. The van der Waals surface area contributed by atoms with Crippen molar-refractivity contribution in [2.24, 2.45) is 0 Å². The van der Waals surface area contributed by atoms with Gasteiger partial charge in [0.05, 0.1) is 6.26 Å². The highest BCUT2D eigenvalue weighted by Crippen LogP contribution is 2.12. The number of furan rings is 1. The van der Waals surface area contributed by atoms with Crippen LogP contribution < -0.4 is 0 Å². The zero-order valence-corrected chi connectivity index (χ0v) is 6.07. The van der Waals surface area contributed by atoms with Gasteiger partial charge in [-0.2, -0.15) is 0 Å². The van der Waals surface area contributed by atoms with Crippen LogP contribution in [0, 0.1) is 0 Å². The fourth-order valence-corrected chi connectivity index (χ4v) is 0.759. The van der Waals surface area contributed by atoms with Crippen LogP contribution in [0.5, 0.6) is 0 Å². The van der Waals surface area contributed by atoms with Crippen molar-refractivity contribution in [1.29, 1.82) is 0 Å². The molecule has 11 heavy (non-hydrogen) atoms. The summed E-state index contributed by atoms with van der Waals surface area (Å²) in [6.45, 7) is 1.69. The van der Waals surface area contributed by atoms with Gasteiger partial charge in [0.2, 0.25) is 0 Å². The number of carboxylic acid groups (broad SMARTS) is 1. The Hall–Kier alpha value is -1.51. The SMILES string of the molecule is C/C(=C\C(=O)O)c1ccco1. The maximum absolute atomic E-state index is 10.2. The van der Waals surface area contributed by atoms with Crippen molar-refractivity contribution in [3.63, 3.8) is 0 Å². The van der Waals surface area contributed by atoms with Crippen LogP contribution in [-0.2, 0) is 4.79 Å². The fourth-order valence-electron chi connectivity index (χ4n) is 0.759. The third-order valence-electron chi connectivity index (χ3n) is 1.25. The van der Waals surface area contributed by atoms with E-state index >= 15 is 0 Å². The third kappa shape index (κ3) is 1.97. The highest BCUT2D eigenvalue weighted by atomic mass is 16.4. The number of allylic oxidation sites excluding steroid dienone is 1. The van der Waals surface area contributed by atoms with Gasteiger partial charge >= 0.3 is 5.97 Å². The molecule has 1 N–H and O–H groups in total. The van der Waals surface area contributed by atoms with Crippen LogP contribution in [0.4, 0.5) is 0 Å². The summed E-state index contributed by atoms with van der Waals surface area (Å²) in [4.78, 5) is 10.2. The van der Waals surface area contributed by atoms with E-state index < -0.39 is 5.97 Å². The van der Waals surface area contributed by atoms with E-state index in [0.29, 0.717) is 11.3 Å². The van der Waals surface area contributed by atoms with Crippen molar-refractivity contribution < 1.29 is 14.3 Å². The zero-order valence-electron chi connectivity index (χ0n) is 6.07. The molecule has 0 unspecified atom stereocenters. The Kier molecular flexibility index (Phi) is 2.11. The Morgan fingerprint density at radius 3 is 2.91 bits per heavy atom. The quantitative estimate of drug-likeness (QED) is 0.657. The van der Waals surface area contributed by atoms with Crippen LogP contribution in [-0.4, -0.2) is 11.1 Å². The van der Waals surface area contributed by atoms with Crippen molar-refractivity contribution in [3.8, 4) is 0 Å². The first kappa shape index (κ1) is 7.60. The minimum atomic E-state index is -0.959. The van der Waals surface area contributed by atoms with Gasteiger partial charge in [0.1, 0.15) is 5.76 Å². The summed E-state index contributed by atoms with van der Waals surface area (Å²) in [7, 11) is 0. The number of aliphatic carboxylic acids is 1. The van der Waals surface area contributed by atoms with Crippen molar-refractivity contribution in [1.82, 2.24) is 0 Å². The Morgan fingerprint density at radius 1 is 1.73 bits per heavy atom. The van der Waals surface area contributed by atoms with Gasteiger partial charge in [-0.25, -0.2) is 4.79 Å². The van der Waals surface area contributed by atoms with Crippen molar-refractivity contribution in [2.75, 3.05) is 0 Å². The van der Waals surface area contributed by atoms with E-state index in [4.69, 9.17) is 9.52 Å². The van der Waals surface area contributed by atoms with Crippen molar-refractivity contribution >= 4 is 11.5 Å². The number of carboxylic acids is 1. The second-order valence-electron chi connectivity index (χ2n) is 2.14. The second-order valence-corrected chi connectivity index (χ2v) is 2.14. The fraction of sp³-hybridized carbons (Fsp3) is 0.125. The molecular formula is C8H8O3. The van der Waals surface area contributed by atoms with Crippen LogP contribution in [0.15, 0.2) is 28.9 Å². The summed E-state index contributed by atoms with van der Waals surface area (Å²) in [6.07, 6.45) is 2.62. The van der Waals surface area contributed by atoms with Gasteiger partial charge in [0.25, 0.3) is 0 Å². The lowest BCUT2D eigenvalue weighted by molar-refractivity contribution is -0.131. The average Bonchev–Trinajstić information content (AvgIpc) is 2.35. The molecule has 3 heteroatoms. The zero-order chi connectivity index (χ0) is 8.27. The molecule has 3 nitrogen and oxygen atoms in total. The molecule has 0 aliphatic heterocycles. The van der Waals surface area contributed by atoms with Crippen LogP contribution >= 0.6 is 0 Å². The van der Waals surface area contributed by atoms with Crippen LogP contribution in [0.1, 0.15) is 12.7 Å². The highest BCUT2D eigenvalue weighted by molar-refractivity contribution is 5.88. The maximum atomic E-state index is 10.2. The van der Waals surface area contributed by atoms with E-state index in [9.17, 15) is 4.79 Å². The number of carbonyl (C=O) groups is 1. The maximum Gasteiger partial charge on any atom is 0.328 e. The molecule has 0 saturated heterocycles. The molecule has 0 aliphatic rings. The first-order valence-electron chi connectivity index (χ1n) is 3.15. The number of hydrogen-bond donors (Lipinski definition) is 1. The average molecular weight is 152 g/mol. The highest BCUT2D eigenvalue weighted by Gasteiger charge is 1.99. The van der Waals surface area contributed by atoms with Gasteiger partial charge in [-0.3, -0.25) is 0 Å². The molecule has 0 amide bonds. The summed E-state index contributed by atoms with van der Waals surface area (Å²) >= 11 is 0. The summed E-state index contributed by atoms with van der Waals surface area (Å²) in [5.74, 6) is -0.369. The van der Waals surface area contributed by atoms with Gasteiger partial charge < -0.3 is 9.52 Å². The van der Waals surface area contributed by atoms with Gasteiger partial charge in [0, 0.05) is 6.08 Å². The Labute approximate surface area is 64.0 Å². The molecular weight excluding hydrogens is 144 g/mol. The smallest absolute Gasteiger partial charge is 0.328 e. The normalized spacial score (nSPS) is 11.5. The topological polar surface area (TPSA) is 50.4 Å². The van der Waals surface area contributed by atoms with Gasteiger partial charge in [-0.1, -0.05) is 0 Å². The van der Waals surface area contributed by atoms with Gasteiger partial charge in [-0.05, 0) is 24.6 Å². The minimum Gasteiger partial charge on any atom is -0.478 e. The molecule has 1 aromatic rings. The molecule has 0 aliphatic carbocycles. The molecule has 0 spiro atoms. The largest absolute Gasteiger partial charge is 0.478 e. The van der Waals surface area contributed by atoms with Crippen LogP contribution in [0.3, 0.4) is 0 Å². The molecule has 0 aromatic carbocycles. The Bertz CT molecular complexity index is 270. The minimum absolute atomic E-state index is 0.590. The van der Waals surface area contributed by atoms with E-state index in [-0.39, 0.29) is 0 Å². The third-order valence-corrected chi connectivity index (χ3v) is 1.25. The molecule has 0 radical (unpaired) electrons. The van der Waals surface area contributed by atoms with Crippen molar-refractivity contribution in [3.05, 3.63) is 30.2 Å². The summed E-state index contributed by atoms with van der Waals surface area (Å²) in [5, 5.41) is 8.36. The lowest BCUT2D eigenvalue weighted by atomic mass is 10.2. The Morgan fingerprint density at radius 2 is 2.45 bits per heavy atom. The summed E-state index contributed by atoms with van der Waals surface area (Å²) in [5.41, 5.74) is 0.613. The lowest BCUT2D eigenvalue weighted by Crippen LogP contribution is -1.88. The van der Waals surface area contributed by atoms with Gasteiger partial charge in [0.15, 0.2) is 0 Å².